The second-order valence-corrected chi connectivity index (χ2v) is 7.04. The van der Waals surface area contributed by atoms with Crippen LogP contribution >= 0.6 is 0 Å². The molecule has 18 heavy (non-hydrogen) atoms. The predicted molar refractivity (Wildman–Crippen MR) is 78.4 cm³/mol. The van der Waals surface area contributed by atoms with Crippen LogP contribution in [0, 0.1) is 17.3 Å². The SMILES string of the molecule is CCC1CCC(CN)(C(C)(O)CCC(C)C)CC1. The fourth-order valence-corrected chi connectivity index (χ4v) is 3.44. The first-order chi connectivity index (χ1) is 8.37. The number of hydrogen-bond acceptors (Lipinski definition) is 2. The Morgan fingerprint density at radius 2 is 1.89 bits per heavy atom. The van der Waals surface area contributed by atoms with Crippen molar-refractivity contribution >= 4 is 0 Å². The molecule has 0 bridgehead atoms. The van der Waals surface area contributed by atoms with Gasteiger partial charge in [-0.05, 0) is 57.3 Å². The average molecular weight is 255 g/mol. The minimum atomic E-state index is -0.593. The van der Waals surface area contributed by atoms with Gasteiger partial charge in [-0.2, -0.15) is 0 Å². The van der Waals surface area contributed by atoms with Gasteiger partial charge >= 0.3 is 0 Å². The average Bonchev–Trinajstić information content (AvgIpc) is 2.36. The summed E-state index contributed by atoms with van der Waals surface area (Å²) >= 11 is 0. The topological polar surface area (TPSA) is 46.2 Å². The number of aliphatic hydroxyl groups is 1. The van der Waals surface area contributed by atoms with Gasteiger partial charge in [0.1, 0.15) is 0 Å². The summed E-state index contributed by atoms with van der Waals surface area (Å²) in [7, 11) is 0. The van der Waals surface area contributed by atoms with Crippen LogP contribution in [0.5, 0.6) is 0 Å². The van der Waals surface area contributed by atoms with Crippen LogP contribution in [0.25, 0.3) is 0 Å². The molecule has 0 radical (unpaired) electrons. The number of nitrogens with two attached hydrogens (primary N) is 1. The molecule has 1 atom stereocenters. The van der Waals surface area contributed by atoms with Crippen molar-refractivity contribution in [1.82, 2.24) is 0 Å². The molecule has 0 spiro atoms. The largest absolute Gasteiger partial charge is 0.390 e. The Labute approximate surface area is 113 Å². The van der Waals surface area contributed by atoms with E-state index in [2.05, 4.69) is 20.8 Å². The minimum absolute atomic E-state index is 0.0342. The molecule has 0 aliphatic heterocycles. The molecule has 2 heteroatoms. The van der Waals surface area contributed by atoms with E-state index in [0.717, 1.165) is 31.6 Å². The zero-order valence-corrected chi connectivity index (χ0v) is 12.8. The van der Waals surface area contributed by atoms with Gasteiger partial charge in [-0.15, -0.1) is 0 Å². The number of rotatable bonds is 6. The zero-order chi connectivity index (χ0) is 13.8. The number of hydrogen-bond donors (Lipinski definition) is 2. The van der Waals surface area contributed by atoms with Crippen LogP contribution in [0.3, 0.4) is 0 Å². The fourth-order valence-electron chi connectivity index (χ4n) is 3.44. The Morgan fingerprint density at radius 1 is 1.33 bits per heavy atom. The predicted octanol–water partition coefficient (Wildman–Crippen LogP) is 3.72. The molecule has 1 fully saturated rings. The lowest BCUT2D eigenvalue weighted by molar-refractivity contribution is -0.0994. The molecular formula is C16H33NO. The minimum Gasteiger partial charge on any atom is -0.390 e. The molecule has 0 aromatic rings. The van der Waals surface area contributed by atoms with Crippen molar-refractivity contribution in [2.24, 2.45) is 23.0 Å². The summed E-state index contributed by atoms with van der Waals surface area (Å²) in [4.78, 5) is 0. The normalized spacial score (nSPS) is 32.5. The molecule has 0 saturated heterocycles. The Kier molecular flexibility index (Phi) is 5.67. The van der Waals surface area contributed by atoms with Crippen LogP contribution in [0.1, 0.15) is 72.6 Å². The third-order valence-corrected chi connectivity index (χ3v) is 5.38. The van der Waals surface area contributed by atoms with Gasteiger partial charge in [-0.25, -0.2) is 0 Å². The van der Waals surface area contributed by atoms with E-state index in [1.54, 1.807) is 0 Å². The highest BCUT2D eigenvalue weighted by molar-refractivity contribution is 4.99. The summed E-state index contributed by atoms with van der Waals surface area (Å²) in [5.41, 5.74) is 5.43. The summed E-state index contributed by atoms with van der Waals surface area (Å²) in [6.45, 7) is 9.37. The van der Waals surface area contributed by atoms with Gasteiger partial charge in [0.25, 0.3) is 0 Å². The first-order valence-electron chi connectivity index (χ1n) is 7.79. The Hall–Kier alpha value is -0.0800. The molecule has 1 rings (SSSR count). The third kappa shape index (κ3) is 3.48. The van der Waals surface area contributed by atoms with Crippen molar-refractivity contribution < 1.29 is 5.11 Å². The summed E-state index contributed by atoms with van der Waals surface area (Å²) in [5, 5.41) is 10.9. The van der Waals surface area contributed by atoms with Gasteiger partial charge in [-0.3, -0.25) is 0 Å². The van der Waals surface area contributed by atoms with Crippen molar-refractivity contribution in [1.29, 1.82) is 0 Å². The van der Waals surface area contributed by atoms with E-state index >= 15 is 0 Å². The maximum atomic E-state index is 10.9. The zero-order valence-electron chi connectivity index (χ0n) is 12.8. The molecule has 0 aromatic heterocycles. The van der Waals surface area contributed by atoms with Crippen LogP contribution in [0.2, 0.25) is 0 Å². The maximum absolute atomic E-state index is 10.9. The van der Waals surface area contributed by atoms with E-state index in [1.807, 2.05) is 6.92 Å². The molecular weight excluding hydrogens is 222 g/mol. The van der Waals surface area contributed by atoms with Gasteiger partial charge in [-0.1, -0.05) is 27.2 Å². The van der Waals surface area contributed by atoms with Crippen molar-refractivity contribution in [3.05, 3.63) is 0 Å². The molecule has 1 aliphatic rings. The van der Waals surface area contributed by atoms with Crippen LogP contribution in [-0.2, 0) is 0 Å². The standard InChI is InChI=1S/C16H33NO/c1-5-14-7-10-16(12-17,11-8-14)15(4,18)9-6-13(2)3/h13-14,18H,5-12,17H2,1-4H3. The van der Waals surface area contributed by atoms with E-state index in [1.165, 1.54) is 19.3 Å². The smallest absolute Gasteiger partial charge is 0.0687 e. The van der Waals surface area contributed by atoms with Gasteiger partial charge in [0, 0.05) is 12.0 Å². The second-order valence-electron chi connectivity index (χ2n) is 7.04. The molecule has 0 aromatic carbocycles. The molecule has 1 saturated carbocycles. The summed E-state index contributed by atoms with van der Waals surface area (Å²) in [6, 6.07) is 0. The van der Waals surface area contributed by atoms with Crippen molar-refractivity contribution in [2.75, 3.05) is 6.54 Å². The van der Waals surface area contributed by atoms with Gasteiger partial charge in [0.05, 0.1) is 5.60 Å². The van der Waals surface area contributed by atoms with Crippen LogP contribution in [0.15, 0.2) is 0 Å². The molecule has 1 aliphatic carbocycles. The molecule has 2 nitrogen and oxygen atoms in total. The van der Waals surface area contributed by atoms with Crippen LogP contribution in [0.4, 0.5) is 0 Å². The first kappa shape index (κ1) is 16.0. The van der Waals surface area contributed by atoms with Crippen LogP contribution < -0.4 is 5.73 Å². The van der Waals surface area contributed by atoms with E-state index in [9.17, 15) is 5.11 Å². The Bertz CT molecular complexity index is 239. The highest BCUT2D eigenvalue weighted by Crippen LogP contribution is 2.48. The van der Waals surface area contributed by atoms with Crippen molar-refractivity contribution in [2.45, 2.75) is 78.2 Å². The second kappa shape index (κ2) is 6.38. The fraction of sp³-hybridized carbons (Fsp3) is 1.00. The van der Waals surface area contributed by atoms with Gasteiger partial charge in [0.2, 0.25) is 0 Å². The lowest BCUT2D eigenvalue weighted by Gasteiger charge is -2.49. The monoisotopic (exact) mass is 255 g/mol. The lowest BCUT2D eigenvalue weighted by Crippen LogP contribution is -2.52. The van der Waals surface area contributed by atoms with Gasteiger partial charge < -0.3 is 10.8 Å². The van der Waals surface area contributed by atoms with Gasteiger partial charge in [0.15, 0.2) is 0 Å². The van der Waals surface area contributed by atoms with E-state index in [-0.39, 0.29) is 5.41 Å². The molecule has 0 amide bonds. The van der Waals surface area contributed by atoms with Crippen molar-refractivity contribution in [3.63, 3.8) is 0 Å². The molecule has 1 unspecified atom stereocenters. The summed E-state index contributed by atoms with van der Waals surface area (Å²) in [6.07, 6.45) is 7.94. The first-order valence-corrected chi connectivity index (χ1v) is 7.79. The Balaban J connectivity index is 2.68. The van der Waals surface area contributed by atoms with Crippen LogP contribution in [-0.4, -0.2) is 17.3 Å². The van der Waals surface area contributed by atoms with Crippen molar-refractivity contribution in [3.8, 4) is 0 Å². The molecule has 0 heterocycles. The van der Waals surface area contributed by atoms with E-state index in [0.29, 0.717) is 12.5 Å². The highest BCUT2D eigenvalue weighted by atomic mass is 16.3. The van der Waals surface area contributed by atoms with E-state index in [4.69, 9.17) is 5.73 Å². The Morgan fingerprint density at radius 3 is 2.28 bits per heavy atom. The summed E-state index contributed by atoms with van der Waals surface area (Å²) in [5.74, 6) is 1.50. The third-order valence-electron chi connectivity index (χ3n) is 5.38. The maximum Gasteiger partial charge on any atom is 0.0687 e. The summed E-state index contributed by atoms with van der Waals surface area (Å²) < 4.78 is 0. The molecule has 3 N–H and O–H groups in total. The lowest BCUT2D eigenvalue weighted by atomic mass is 9.60. The van der Waals surface area contributed by atoms with E-state index < -0.39 is 5.60 Å². The molecule has 108 valence electrons. The quantitative estimate of drug-likeness (QED) is 0.760. The highest BCUT2D eigenvalue weighted by Gasteiger charge is 2.47.